The lowest BCUT2D eigenvalue weighted by atomic mass is 9.73. The summed E-state index contributed by atoms with van der Waals surface area (Å²) in [5.41, 5.74) is 0.560. The molecule has 2 nitrogen and oxygen atoms in total. The van der Waals surface area contributed by atoms with E-state index in [1.54, 1.807) is 0 Å². The summed E-state index contributed by atoms with van der Waals surface area (Å²) in [5.74, 6) is 0.797. The Kier molecular flexibility index (Phi) is 6.35. The monoisotopic (exact) mass is 280 g/mol. The first-order valence-corrected chi connectivity index (χ1v) is 9.04. The first-order valence-electron chi connectivity index (χ1n) is 9.04. The summed E-state index contributed by atoms with van der Waals surface area (Å²) >= 11 is 0. The van der Waals surface area contributed by atoms with Gasteiger partial charge >= 0.3 is 0 Å². The fraction of sp³-hybridized carbons (Fsp3) is 1.00. The molecule has 0 radical (unpaired) electrons. The Balaban J connectivity index is 2.02. The Morgan fingerprint density at radius 2 is 1.70 bits per heavy atom. The zero-order chi connectivity index (χ0) is 14.4. The number of nitrogens with one attached hydrogen (secondary N) is 1. The summed E-state index contributed by atoms with van der Waals surface area (Å²) in [6.45, 7) is 8.63. The van der Waals surface area contributed by atoms with E-state index >= 15 is 0 Å². The first-order chi connectivity index (χ1) is 9.65. The number of nitrogens with zero attached hydrogens (tertiary/aromatic N) is 1. The molecular weight excluding hydrogens is 244 g/mol. The summed E-state index contributed by atoms with van der Waals surface area (Å²) < 4.78 is 0. The lowest BCUT2D eigenvalue weighted by Crippen LogP contribution is -2.48. The Morgan fingerprint density at radius 3 is 2.25 bits per heavy atom. The van der Waals surface area contributed by atoms with Gasteiger partial charge in [0.25, 0.3) is 0 Å². The molecule has 1 N–H and O–H groups in total. The van der Waals surface area contributed by atoms with Crippen LogP contribution in [0.3, 0.4) is 0 Å². The smallest absolute Gasteiger partial charge is 0.00956 e. The van der Waals surface area contributed by atoms with E-state index < -0.39 is 0 Å². The quantitative estimate of drug-likeness (QED) is 0.756. The molecule has 0 aromatic heterocycles. The summed E-state index contributed by atoms with van der Waals surface area (Å²) in [5, 5.41) is 3.50. The van der Waals surface area contributed by atoms with Gasteiger partial charge in [-0.3, -0.25) is 4.90 Å². The van der Waals surface area contributed by atoms with Gasteiger partial charge in [-0.2, -0.15) is 0 Å². The Morgan fingerprint density at radius 1 is 1.05 bits per heavy atom. The van der Waals surface area contributed by atoms with Crippen molar-refractivity contribution in [1.29, 1.82) is 0 Å². The van der Waals surface area contributed by atoms with Crippen molar-refractivity contribution in [2.24, 2.45) is 11.3 Å². The van der Waals surface area contributed by atoms with Gasteiger partial charge in [0.2, 0.25) is 0 Å². The molecule has 2 aliphatic rings. The second-order valence-electron chi connectivity index (χ2n) is 7.85. The predicted octanol–water partition coefficient (Wildman–Crippen LogP) is 4.06. The molecule has 0 aliphatic heterocycles. The summed E-state index contributed by atoms with van der Waals surface area (Å²) in [7, 11) is 2.14. The topological polar surface area (TPSA) is 15.3 Å². The van der Waals surface area contributed by atoms with Gasteiger partial charge in [0.1, 0.15) is 0 Å². The third-order valence-electron chi connectivity index (χ3n) is 5.45. The Bertz CT molecular complexity index is 257. The molecule has 20 heavy (non-hydrogen) atoms. The highest BCUT2D eigenvalue weighted by molar-refractivity contribution is 4.90. The maximum atomic E-state index is 3.50. The molecule has 2 aliphatic carbocycles. The first kappa shape index (κ1) is 16.3. The van der Waals surface area contributed by atoms with Crippen LogP contribution in [0.15, 0.2) is 0 Å². The SMILES string of the molecule is CNCC1(CN(CC(C)C)C2CCCC2)CCCCC1. The van der Waals surface area contributed by atoms with Gasteiger partial charge in [0, 0.05) is 25.7 Å². The summed E-state index contributed by atoms with van der Waals surface area (Å²) in [6, 6.07) is 0.882. The van der Waals surface area contributed by atoms with Crippen molar-refractivity contribution in [2.75, 3.05) is 26.7 Å². The molecule has 0 spiro atoms. The molecule has 2 fully saturated rings. The highest BCUT2D eigenvalue weighted by atomic mass is 15.2. The summed E-state index contributed by atoms with van der Waals surface area (Å²) in [6.07, 6.45) is 13.0. The van der Waals surface area contributed by atoms with Crippen molar-refractivity contribution in [3.63, 3.8) is 0 Å². The van der Waals surface area contributed by atoms with Crippen LogP contribution in [0.1, 0.15) is 71.6 Å². The number of hydrogen-bond acceptors (Lipinski definition) is 2. The molecule has 0 atom stereocenters. The van der Waals surface area contributed by atoms with Crippen LogP contribution in [0.5, 0.6) is 0 Å². The van der Waals surface area contributed by atoms with Gasteiger partial charge in [0.05, 0.1) is 0 Å². The molecule has 0 heterocycles. The van der Waals surface area contributed by atoms with Crippen LogP contribution in [0, 0.1) is 11.3 Å². The van der Waals surface area contributed by atoms with Crippen LogP contribution in [0.2, 0.25) is 0 Å². The molecule has 2 heteroatoms. The minimum atomic E-state index is 0.560. The van der Waals surface area contributed by atoms with E-state index in [0.29, 0.717) is 5.41 Å². The highest BCUT2D eigenvalue weighted by Gasteiger charge is 2.35. The van der Waals surface area contributed by atoms with Crippen molar-refractivity contribution in [3.05, 3.63) is 0 Å². The van der Waals surface area contributed by atoms with Crippen LogP contribution in [-0.2, 0) is 0 Å². The van der Waals surface area contributed by atoms with Gasteiger partial charge in [-0.05, 0) is 44.1 Å². The van der Waals surface area contributed by atoms with Crippen LogP contribution in [0.4, 0.5) is 0 Å². The van der Waals surface area contributed by atoms with Crippen LogP contribution in [-0.4, -0.2) is 37.6 Å². The molecule has 0 aromatic rings. The van der Waals surface area contributed by atoms with Crippen molar-refractivity contribution in [1.82, 2.24) is 10.2 Å². The van der Waals surface area contributed by atoms with E-state index in [1.807, 2.05) is 0 Å². The molecule has 118 valence electrons. The maximum absolute atomic E-state index is 3.50. The van der Waals surface area contributed by atoms with E-state index in [1.165, 1.54) is 77.4 Å². The lowest BCUT2D eigenvalue weighted by Gasteiger charge is -2.43. The molecule has 0 unspecified atom stereocenters. The van der Waals surface area contributed by atoms with Crippen molar-refractivity contribution in [2.45, 2.75) is 77.7 Å². The molecular formula is C18H36N2. The van der Waals surface area contributed by atoms with Crippen LogP contribution >= 0.6 is 0 Å². The molecule has 0 amide bonds. The second-order valence-corrected chi connectivity index (χ2v) is 7.85. The fourth-order valence-electron chi connectivity index (χ4n) is 4.58. The average molecular weight is 280 g/mol. The third-order valence-corrected chi connectivity index (χ3v) is 5.45. The molecule has 2 rings (SSSR count). The van der Waals surface area contributed by atoms with Crippen molar-refractivity contribution in [3.8, 4) is 0 Å². The number of hydrogen-bond donors (Lipinski definition) is 1. The van der Waals surface area contributed by atoms with E-state index in [9.17, 15) is 0 Å². The van der Waals surface area contributed by atoms with E-state index in [2.05, 4.69) is 31.1 Å². The normalized spacial score (nSPS) is 23.9. The van der Waals surface area contributed by atoms with Crippen molar-refractivity contribution >= 4 is 0 Å². The average Bonchev–Trinajstić information content (AvgIpc) is 2.92. The highest BCUT2D eigenvalue weighted by Crippen LogP contribution is 2.38. The Labute approximate surface area is 126 Å². The van der Waals surface area contributed by atoms with Gasteiger partial charge in [-0.25, -0.2) is 0 Å². The molecule has 2 saturated carbocycles. The van der Waals surface area contributed by atoms with E-state index in [0.717, 1.165) is 12.0 Å². The predicted molar refractivity (Wildman–Crippen MR) is 88.1 cm³/mol. The minimum absolute atomic E-state index is 0.560. The maximum Gasteiger partial charge on any atom is 0.00956 e. The zero-order valence-electron chi connectivity index (χ0n) is 14.1. The van der Waals surface area contributed by atoms with Gasteiger partial charge in [-0.15, -0.1) is 0 Å². The van der Waals surface area contributed by atoms with E-state index in [4.69, 9.17) is 0 Å². The van der Waals surface area contributed by atoms with Gasteiger partial charge in [0.15, 0.2) is 0 Å². The second kappa shape index (κ2) is 7.79. The van der Waals surface area contributed by atoms with Gasteiger partial charge in [-0.1, -0.05) is 46.0 Å². The van der Waals surface area contributed by atoms with E-state index in [-0.39, 0.29) is 0 Å². The largest absolute Gasteiger partial charge is 0.319 e. The zero-order valence-corrected chi connectivity index (χ0v) is 14.1. The van der Waals surface area contributed by atoms with Gasteiger partial charge < -0.3 is 5.32 Å². The van der Waals surface area contributed by atoms with Crippen LogP contribution < -0.4 is 5.32 Å². The number of rotatable bonds is 7. The van der Waals surface area contributed by atoms with Crippen LogP contribution in [0.25, 0.3) is 0 Å². The third kappa shape index (κ3) is 4.46. The molecule has 0 bridgehead atoms. The lowest BCUT2D eigenvalue weighted by molar-refractivity contribution is 0.0685. The molecule has 0 saturated heterocycles. The summed E-state index contributed by atoms with van der Waals surface area (Å²) in [4.78, 5) is 2.88. The molecule has 0 aromatic carbocycles. The fourth-order valence-corrected chi connectivity index (χ4v) is 4.58. The minimum Gasteiger partial charge on any atom is -0.319 e. The Hall–Kier alpha value is -0.0800. The standard InChI is InChI=1S/C18H36N2/c1-16(2)13-20(17-9-5-6-10-17)15-18(14-19-3)11-7-4-8-12-18/h16-17,19H,4-15H2,1-3H3. The van der Waals surface area contributed by atoms with Crippen molar-refractivity contribution < 1.29 is 0 Å².